The molecule has 0 spiro atoms. The molecular formula is C15H8F2O2. The highest BCUT2D eigenvalue weighted by atomic mass is 19.1. The normalized spacial score (nSPS) is 10.8. The van der Waals surface area contributed by atoms with Crippen molar-refractivity contribution in [1.82, 2.24) is 0 Å². The highest BCUT2D eigenvalue weighted by molar-refractivity contribution is 6.16. The summed E-state index contributed by atoms with van der Waals surface area (Å²) in [6, 6.07) is 10.2. The lowest BCUT2D eigenvalue weighted by Crippen LogP contribution is -2.06. The third-order valence-corrected chi connectivity index (χ3v) is 2.92. The van der Waals surface area contributed by atoms with Gasteiger partial charge in [-0.1, -0.05) is 24.3 Å². The summed E-state index contributed by atoms with van der Waals surface area (Å²) in [5, 5.41) is 0.537. The van der Waals surface area contributed by atoms with Crippen LogP contribution >= 0.6 is 0 Å². The summed E-state index contributed by atoms with van der Waals surface area (Å²) in [7, 11) is 0. The second kappa shape index (κ2) is 4.31. The smallest absolute Gasteiger partial charge is 0.202 e. The summed E-state index contributed by atoms with van der Waals surface area (Å²) in [6.45, 7) is 0. The van der Waals surface area contributed by atoms with Crippen LogP contribution in [0.2, 0.25) is 0 Å². The van der Waals surface area contributed by atoms with Gasteiger partial charge in [-0.25, -0.2) is 8.78 Å². The standard InChI is InChI=1S/C15H8F2O2/c16-11-5-3-6-12(17)14(11)15(18)10-8-19-13-7-2-1-4-9(10)13/h1-8H. The van der Waals surface area contributed by atoms with Crippen molar-refractivity contribution >= 4 is 16.8 Å². The number of carbonyl (C=O) groups excluding carboxylic acids is 1. The second-order valence-corrected chi connectivity index (χ2v) is 4.07. The van der Waals surface area contributed by atoms with Gasteiger partial charge in [0, 0.05) is 5.39 Å². The Kier molecular flexibility index (Phi) is 2.63. The topological polar surface area (TPSA) is 30.2 Å². The largest absolute Gasteiger partial charge is 0.464 e. The van der Waals surface area contributed by atoms with Crippen LogP contribution in [-0.4, -0.2) is 5.78 Å². The lowest BCUT2D eigenvalue weighted by Gasteiger charge is -2.02. The van der Waals surface area contributed by atoms with Crippen LogP contribution in [0.5, 0.6) is 0 Å². The Balaban J connectivity index is 2.20. The van der Waals surface area contributed by atoms with Gasteiger partial charge in [0.25, 0.3) is 0 Å². The van der Waals surface area contributed by atoms with Crippen molar-refractivity contribution < 1.29 is 18.0 Å². The number of furan rings is 1. The van der Waals surface area contributed by atoms with Gasteiger partial charge in [-0.2, -0.15) is 0 Å². The van der Waals surface area contributed by atoms with E-state index in [0.717, 1.165) is 12.1 Å². The molecule has 4 heteroatoms. The van der Waals surface area contributed by atoms with Crippen LogP contribution in [0.15, 0.2) is 53.1 Å². The fourth-order valence-electron chi connectivity index (χ4n) is 2.00. The van der Waals surface area contributed by atoms with E-state index < -0.39 is 23.0 Å². The van der Waals surface area contributed by atoms with Gasteiger partial charge in [0.2, 0.25) is 5.78 Å². The summed E-state index contributed by atoms with van der Waals surface area (Å²) in [6.07, 6.45) is 1.22. The van der Waals surface area contributed by atoms with Gasteiger partial charge in [0.15, 0.2) is 0 Å². The van der Waals surface area contributed by atoms with Crippen molar-refractivity contribution in [2.45, 2.75) is 0 Å². The number of benzene rings is 2. The SMILES string of the molecule is O=C(c1c(F)cccc1F)c1coc2ccccc12. The first-order chi connectivity index (χ1) is 9.18. The van der Waals surface area contributed by atoms with E-state index in [1.165, 1.54) is 12.3 Å². The Bertz CT molecular complexity index is 754. The van der Waals surface area contributed by atoms with Crippen molar-refractivity contribution in [3.63, 3.8) is 0 Å². The Hall–Kier alpha value is -2.49. The number of halogens is 2. The maximum absolute atomic E-state index is 13.6. The molecule has 0 aliphatic rings. The average molecular weight is 258 g/mol. The highest BCUT2D eigenvalue weighted by Gasteiger charge is 2.22. The molecule has 0 saturated carbocycles. The van der Waals surface area contributed by atoms with E-state index in [2.05, 4.69) is 0 Å². The first-order valence-electron chi connectivity index (χ1n) is 5.63. The van der Waals surface area contributed by atoms with E-state index in [0.29, 0.717) is 11.0 Å². The molecule has 0 aliphatic carbocycles. The fraction of sp³-hybridized carbons (Fsp3) is 0. The third-order valence-electron chi connectivity index (χ3n) is 2.92. The zero-order valence-corrected chi connectivity index (χ0v) is 9.69. The summed E-state index contributed by atoms with van der Waals surface area (Å²) >= 11 is 0. The summed E-state index contributed by atoms with van der Waals surface area (Å²) in [5.41, 5.74) is 0.0938. The second-order valence-electron chi connectivity index (χ2n) is 4.07. The Morgan fingerprint density at radius 1 is 0.947 bits per heavy atom. The summed E-state index contributed by atoms with van der Waals surface area (Å²) in [4.78, 5) is 12.2. The van der Waals surface area contributed by atoms with Gasteiger partial charge in [-0.3, -0.25) is 4.79 Å². The quantitative estimate of drug-likeness (QED) is 0.652. The molecule has 0 radical (unpaired) electrons. The van der Waals surface area contributed by atoms with Crippen molar-refractivity contribution in [1.29, 1.82) is 0 Å². The lowest BCUT2D eigenvalue weighted by molar-refractivity contribution is 0.103. The van der Waals surface area contributed by atoms with E-state index in [1.807, 2.05) is 0 Å². The Morgan fingerprint density at radius 2 is 1.63 bits per heavy atom. The van der Waals surface area contributed by atoms with Crippen LogP contribution in [0.1, 0.15) is 15.9 Å². The summed E-state index contributed by atoms with van der Waals surface area (Å²) in [5.74, 6) is -2.48. The molecule has 3 aromatic rings. The van der Waals surface area contributed by atoms with Crippen LogP contribution in [0.4, 0.5) is 8.78 Å². The van der Waals surface area contributed by atoms with Crippen LogP contribution in [0.25, 0.3) is 11.0 Å². The minimum Gasteiger partial charge on any atom is -0.464 e. The minimum absolute atomic E-state index is 0.152. The van der Waals surface area contributed by atoms with E-state index in [4.69, 9.17) is 4.42 Å². The Labute approximate surface area is 107 Å². The van der Waals surface area contributed by atoms with Gasteiger partial charge in [0.05, 0.1) is 11.1 Å². The molecule has 3 rings (SSSR count). The molecule has 0 fully saturated rings. The molecule has 19 heavy (non-hydrogen) atoms. The molecule has 1 aromatic heterocycles. The molecule has 0 aliphatic heterocycles. The Morgan fingerprint density at radius 3 is 2.37 bits per heavy atom. The van der Waals surface area contributed by atoms with Crippen LogP contribution in [0.3, 0.4) is 0 Å². The van der Waals surface area contributed by atoms with E-state index >= 15 is 0 Å². The number of carbonyl (C=O) groups is 1. The van der Waals surface area contributed by atoms with Crippen LogP contribution < -0.4 is 0 Å². The molecule has 2 aromatic carbocycles. The van der Waals surface area contributed by atoms with Crippen LogP contribution in [0, 0.1) is 11.6 Å². The van der Waals surface area contributed by atoms with E-state index in [9.17, 15) is 13.6 Å². The third kappa shape index (κ3) is 1.81. The number of hydrogen-bond donors (Lipinski definition) is 0. The van der Waals surface area contributed by atoms with Crippen molar-refractivity contribution in [3.05, 3.63) is 71.5 Å². The zero-order valence-electron chi connectivity index (χ0n) is 9.69. The molecule has 2 nitrogen and oxygen atoms in total. The predicted octanol–water partition coefficient (Wildman–Crippen LogP) is 3.94. The van der Waals surface area contributed by atoms with Crippen molar-refractivity contribution in [3.8, 4) is 0 Å². The first kappa shape index (κ1) is 11.6. The van der Waals surface area contributed by atoms with E-state index in [-0.39, 0.29) is 5.56 Å². The molecule has 0 atom stereocenters. The van der Waals surface area contributed by atoms with Gasteiger partial charge >= 0.3 is 0 Å². The maximum atomic E-state index is 13.6. The van der Waals surface area contributed by atoms with Crippen molar-refractivity contribution in [2.24, 2.45) is 0 Å². The fourth-order valence-corrected chi connectivity index (χ4v) is 2.00. The number of hydrogen-bond acceptors (Lipinski definition) is 2. The van der Waals surface area contributed by atoms with Crippen molar-refractivity contribution in [2.75, 3.05) is 0 Å². The predicted molar refractivity (Wildman–Crippen MR) is 66.0 cm³/mol. The number of para-hydroxylation sites is 1. The van der Waals surface area contributed by atoms with Gasteiger partial charge in [-0.05, 0) is 18.2 Å². The highest BCUT2D eigenvalue weighted by Crippen LogP contribution is 2.25. The number of rotatable bonds is 2. The molecule has 0 saturated heterocycles. The lowest BCUT2D eigenvalue weighted by atomic mass is 10.0. The molecule has 0 bridgehead atoms. The monoisotopic (exact) mass is 258 g/mol. The average Bonchev–Trinajstić information content (AvgIpc) is 2.82. The molecule has 0 unspecified atom stereocenters. The molecular weight excluding hydrogens is 250 g/mol. The zero-order chi connectivity index (χ0) is 13.4. The summed E-state index contributed by atoms with van der Waals surface area (Å²) < 4.78 is 32.4. The molecule has 0 N–H and O–H groups in total. The number of ketones is 1. The molecule has 0 amide bonds. The van der Waals surface area contributed by atoms with Gasteiger partial charge < -0.3 is 4.42 Å². The maximum Gasteiger partial charge on any atom is 0.202 e. The van der Waals surface area contributed by atoms with E-state index in [1.54, 1.807) is 24.3 Å². The first-order valence-corrected chi connectivity index (χ1v) is 5.63. The van der Waals surface area contributed by atoms with Gasteiger partial charge in [-0.15, -0.1) is 0 Å². The number of fused-ring (bicyclic) bond motifs is 1. The van der Waals surface area contributed by atoms with Crippen LogP contribution in [-0.2, 0) is 0 Å². The minimum atomic E-state index is -0.879. The molecule has 94 valence electrons. The van der Waals surface area contributed by atoms with Gasteiger partial charge in [0.1, 0.15) is 23.5 Å². The molecule has 1 heterocycles.